The molecule has 0 unspecified atom stereocenters. The zero-order valence-corrected chi connectivity index (χ0v) is 12.9. The van der Waals surface area contributed by atoms with Crippen molar-refractivity contribution in [2.75, 3.05) is 12.4 Å². The molecule has 0 aliphatic heterocycles. The van der Waals surface area contributed by atoms with Crippen LogP contribution in [0.25, 0.3) is 0 Å². The van der Waals surface area contributed by atoms with Gasteiger partial charge in [-0.3, -0.25) is 4.79 Å². The first-order chi connectivity index (χ1) is 11.2. The third-order valence-electron chi connectivity index (χ3n) is 3.37. The molecule has 0 aliphatic rings. The number of nitrogens with one attached hydrogen (secondary N) is 1. The van der Waals surface area contributed by atoms with Crippen LogP contribution in [0.15, 0.2) is 42.5 Å². The Morgan fingerprint density at radius 2 is 1.58 bits per heavy atom. The van der Waals surface area contributed by atoms with Crippen molar-refractivity contribution in [3.63, 3.8) is 0 Å². The molecule has 0 heterocycles. The zero-order valence-electron chi connectivity index (χ0n) is 12.9. The third-order valence-corrected chi connectivity index (χ3v) is 3.37. The molecule has 2 aromatic carbocycles. The first-order valence-corrected chi connectivity index (χ1v) is 6.90. The largest absolute Gasteiger partial charge is 0.465 e. The van der Waals surface area contributed by atoms with E-state index in [9.17, 15) is 22.8 Å². The van der Waals surface area contributed by atoms with Crippen LogP contribution in [0.5, 0.6) is 0 Å². The van der Waals surface area contributed by atoms with Gasteiger partial charge in [-0.25, -0.2) is 4.79 Å². The minimum Gasteiger partial charge on any atom is -0.465 e. The van der Waals surface area contributed by atoms with Crippen molar-refractivity contribution in [2.45, 2.75) is 13.1 Å². The SMILES string of the molecule is COC(=O)c1ccc(C(=O)Nc2ccc(C)c(C(F)(F)F)c2)cc1. The van der Waals surface area contributed by atoms with Crippen LogP contribution >= 0.6 is 0 Å². The fourth-order valence-electron chi connectivity index (χ4n) is 2.08. The first kappa shape index (κ1) is 17.5. The monoisotopic (exact) mass is 337 g/mol. The van der Waals surface area contributed by atoms with E-state index >= 15 is 0 Å². The minimum atomic E-state index is -4.49. The van der Waals surface area contributed by atoms with E-state index in [0.717, 1.165) is 6.07 Å². The van der Waals surface area contributed by atoms with Crippen molar-refractivity contribution in [3.05, 3.63) is 64.7 Å². The van der Waals surface area contributed by atoms with Gasteiger partial charge in [0.05, 0.1) is 18.2 Å². The van der Waals surface area contributed by atoms with Crippen LogP contribution in [-0.2, 0) is 10.9 Å². The van der Waals surface area contributed by atoms with E-state index in [2.05, 4.69) is 10.1 Å². The summed E-state index contributed by atoms with van der Waals surface area (Å²) in [5.41, 5.74) is -0.222. The summed E-state index contributed by atoms with van der Waals surface area (Å²) >= 11 is 0. The van der Waals surface area contributed by atoms with E-state index in [1.165, 1.54) is 50.4 Å². The van der Waals surface area contributed by atoms with E-state index in [1.54, 1.807) is 0 Å². The molecule has 0 fully saturated rings. The van der Waals surface area contributed by atoms with Crippen molar-refractivity contribution in [2.24, 2.45) is 0 Å². The number of aryl methyl sites for hydroxylation is 1. The number of ether oxygens (including phenoxy) is 1. The fraction of sp³-hybridized carbons (Fsp3) is 0.176. The zero-order chi connectivity index (χ0) is 17.9. The molecule has 0 radical (unpaired) electrons. The van der Waals surface area contributed by atoms with Crippen molar-refractivity contribution < 1.29 is 27.5 Å². The van der Waals surface area contributed by atoms with E-state index in [1.807, 2.05) is 0 Å². The molecule has 0 saturated carbocycles. The molecule has 24 heavy (non-hydrogen) atoms. The van der Waals surface area contributed by atoms with Gasteiger partial charge in [0, 0.05) is 11.3 Å². The molecule has 0 atom stereocenters. The Morgan fingerprint density at radius 3 is 2.12 bits per heavy atom. The number of hydrogen-bond donors (Lipinski definition) is 1. The Bertz CT molecular complexity index is 768. The average Bonchev–Trinajstić information content (AvgIpc) is 2.55. The molecule has 1 amide bonds. The van der Waals surface area contributed by atoms with Crippen LogP contribution < -0.4 is 5.32 Å². The van der Waals surface area contributed by atoms with Crippen LogP contribution in [0.1, 0.15) is 31.8 Å². The molecule has 126 valence electrons. The van der Waals surface area contributed by atoms with Gasteiger partial charge in [-0.1, -0.05) is 6.07 Å². The second-order valence-electron chi connectivity index (χ2n) is 5.05. The number of amides is 1. The van der Waals surface area contributed by atoms with E-state index in [4.69, 9.17) is 0 Å². The lowest BCUT2D eigenvalue weighted by atomic mass is 10.1. The standard InChI is InChI=1S/C17H14F3NO3/c1-10-3-8-13(9-14(10)17(18,19)20)21-15(22)11-4-6-12(7-5-11)16(23)24-2/h3-9H,1-2H3,(H,21,22). The normalized spacial score (nSPS) is 11.0. The Balaban J connectivity index is 2.19. The highest BCUT2D eigenvalue weighted by molar-refractivity contribution is 6.04. The smallest absolute Gasteiger partial charge is 0.416 e. The summed E-state index contributed by atoms with van der Waals surface area (Å²) in [5.74, 6) is -1.13. The Labute approximate surface area is 136 Å². The summed E-state index contributed by atoms with van der Waals surface area (Å²) < 4.78 is 43.2. The number of benzene rings is 2. The van der Waals surface area contributed by atoms with E-state index < -0.39 is 23.6 Å². The molecule has 2 aromatic rings. The van der Waals surface area contributed by atoms with Crippen molar-refractivity contribution in [3.8, 4) is 0 Å². The van der Waals surface area contributed by atoms with Gasteiger partial charge < -0.3 is 10.1 Å². The van der Waals surface area contributed by atoms with Gasteiger partial charge in [-0.15, -0.1) is 0 Å². The summed E-state index contributed by atoms with van der Waals surface area (Å²) in [5, 5.41) is 2.41. The summed E-state index contributed by atoms with van der Waals surface area (Å²) in [6.07, 6.45) is -4.49. The minimum absolute atomic E-state index is 0.0370. The Hall–Kier alpha value is -2.83. The van der Waals surface area contributed by atoms with Crippen molar-refractivity contribution in [1.29, 1.82) is 0 Å². The van der Waals surface area contributed by atoms with Crippen LogP contribution in [0.2, 0.25) is 0 Å². The van der Waals surface area contributed by atoms with Crippen LogP contribution in [0.4, 0.5) is 18.9 Å². The molecule has 0 bridgehead atoms. The summed E-state index contributed by atoms with van der Waals surface area (Å²) in [6, 6.07) is 9.15. The third kappa shape index (κ3) is 3.92. The number of carbonyl (C=O) groups excluding carboxylic acids is 2. The number of carbonyl (C=O) groups is 2. The maximum Gasteiger partial charge on any atom is 0.416 e. The van der Waals surface area contributed by atoms with Crippen LogP contribution in [-0.4, -0.2) is 19.0 Å². The van der Waals surface area contributed by atoms with Gasteiger partial charge in [-0.05, 0) is 48.9 Å². The molecular weight excluding hydrogens is 323 g/mol. The van der Waals surface area contributed by atoms with Gasteiger partial charge in [0.1, 0.15) is 0 Å². The predicted octanol–water partition coefficient (Wildman–Crippen LogP) is 4.05. The number of rotatable bonds is 3. The maximum absolute atomic E-state index is 12.9. The van der Waals surface area contributed by atoms with Gasteiger partial charge in [0.2, 0.25) is 0 Å². The van der Waals surface area contributed by atoms with Crippen molar-refractivity contribution >= 4 is 17.6 Å². The molecule has 2 rings (SSSR count). The van der Waals surface area contributed by atoms with Gasteiger partial charge in [-0.2, -0.15) is 13.2 Å². The lowest BCUT2D eigenvalue weighted by molar-refractivity contribution is -0.138. The van der Waals surface area contributed by atoms with Crippen molar-refractivity contribution in [1.82, 2.24) is 0 Å². The summed E-state index contributed by atoms with van der Waals surface area (Å²) in [7, 11) is 1.23. The molecule has 1 N–H and O–H groups in total. The summed E-state index contributed by atoms with van der Waals surface area (Å²) in [6.45, 7) is 1.35. The molecule has 0 aromatic heterocycles. The fourth-order valence-corrected chi connectivity index (χ4v) is 2.08. The van der Waals surface area contributed by atoms with Crippen LogP contribution in [0, 0.1) is 6.92 Å². The number of anilines is 1. The predicted molar refractivity (Wildman–Crippen MR) is 81.9 cm³/mol. The Morgan fingerprint density at radius 1 is 1.00 bits per heavy atom. The number of methoxy groups -OCH3 is 1. The molecule has 0 saturated heterocycles. The van der Waals surface area contributed by atoms with E-state index in [0.29, 0.717) is 0 Å². The molecule has 4 nitrogen and oxygen atoms in total. The number of esters is 1. The topological polar surface area (TPSA) is 55.4 Å². The lowest BCUT2D eigenvalue weighted by Gasteiger charge is -2.13. The second kappa shape index (κ2) is 6.74. The molecule has 0 aliphatic carbocycles. The number of halogens is 3. The highest BCUT2D eigenvalue weighted by Crippen LogP contribution is 2.33. The van der Waals surface area contributed by atoms with Crippen LogP contribution in [0.3, 0.4) is 0 Å². The quantitative estimate of drug-likeness (QED) is 0.860. The number of hydrogen-bond acceptors (Lipinski definition) is 3. The van der Waals surface area contributed by atoms with Gasteiger partial charge in [0.15, 0.2) is 0 Å². The molecule has 7 heteroatoms. The summed E-state index contributed by atoms with van der Waals surface area (Å²) in [4.78, 5) is 23.4. The lowest BCUT2D eigenvalue weighted by Crippen LogP contribution is -2.14. The van der Waals surface area contributed by atoms with Gasteiger partial charge in [0.25, 0.3) is 5.91 Å². The molecule has 0 spiro atoms. The number of alkyl halides is 3. The highest BCUT2D eigenvalue weighted by Gasteiger charge is 2.32. The Kier molecular flexibility index (Phi) is 4.92. The second-order valence-corrected chi connectivity index (χ2v) is 5.05. The van der Waals surface area contributed by atoms with Gasteiger partial charge >= 0.3 is 12.1 Å². The maximum atomic E-state index is 12.9. The average molecular weight is 337 g/mol. The molecular formula is C17H14F3NO3. The highest BCUT2D eigenvalue weighted by atomic mass is 19.4. The van der Waals surface area contributed by atoms with E-state index in [-0.39, 0.29) is 22.4 Å². The first-order valence-electron chi connectivity index (χ1n) is 6.90.